The minimum Gasteiger partial charge on any atom is -0.480 e. The molecule has 10 N–H and O–H groups in total. The zero-order valence-electron chi connectivity index (χ0n) is 16.4. The number of nitrogens with one attached hydrogen (secondary N) is 3. The van der Waals surface area contributed by atoms with Crippen molar-refractivity contribution in [3.63, 3.8) is 0 Å². The molecule has 0 fully saturated rings. The number of guanidine groups is 1. The molecule has 3 atom stereocenters. The van der Waals surface area contributed by atoms with Gasteiger partial charge in [-0.15, -0.1) is 0 Å². The molecule has 0 radical (unpaired) electrons. The highest BCUT2D eigenvalue weighted by Crippen LogP contribution is 2.01. The van der Waals surface area contributed by atoms with E-state index in [0.717, 1.165) is 0 Å². The number of carbonyl (C=O) groups is 4. The number of aliphatic imine (C=N–C) groups is 1. The van der Waals surface area contributed by atoms with Crippen molar-refractivity contribution in [1.82, 2.24) is 16.0 Å². The van der Waals surface area contributed by atoms with E-state index in [0.29, 0.717) is 19.4 Å². The number of rotatable bonds is 12. The van der Waals surface area contributed by atoms with Crippen LogP contribution in [0.2, 0.25) is 0 Å². The predicted octanol–water partition coefficient (Wildman–Crippen LogP) is -2.79. The molecule has 0 aliphatic rings. The summed E-state index contributed by atoms with van der Waals surface area (Å²) in [6, 6.07) is -2.82. The third-order valence-electron chi connectivity index (χ3n) is 3.73. The lowest BCUT2D eigenvalue weighted by Crippen LogP contribution is -2.52. The SMILES string of the molecule is CC(NC(=O)C(N)CCCN=C(N)N)C(=O)NCC(=O)NC(C(=O)O)C(C)C. The van der Waals surface area contributed by atoms with Crippen molar-refractivity contribution in [2.45, 2.75) is 51.7 Å². The van der Waals surface area contributed by atoms with Crippen LogP contribution < -0.4 is 33.2 Å². The van der Waals surface area contributed by atoms with E-state index in [1.54, 1.807) is 13.8 Å². The van der Waals surface area contributed by atoms with Crippen LogP contribution >= 0.6 is 0 Å². The van der Waals surface area contributed by atoms with Crippen LogP contribution in [-0.2, 0) is 19.2 Å². The molecule has 0 aliphatic heterocycles. The topological polar surface area (TPSA) is 215 Å². The number of nitrogens with two attached hydrogens (primary N) is 3. The molecule has 0 spiro atoms. The first-order valence-corrected chi connectivity index (χ1v) is 8.86. The van der Waals surface area contributed by atoms with Crippen molar-refractivity contribution >= 4 is 29.7 Å². The summed E-state index contributed by atoms with van der Waals surface area (Å²) in [6.45, 7) is 4.65. The number of amides is 3. The highest BCUT2D eigenvalue weighted by Gasteiger charge is 2.24. The number of carboxylic acid groups (broad SMARTS) is 1. The Morgan fingerprint density at radius 1 is 1.04 bits per heavy atom. The second kappa shape index (κ2) is 12.5. The molecule has 28 heavy (non-hydrogen) atoms. The van der Waals surface area contributed by atoms with Gasteiger partial charge >= 0.3 is 5.97 Å². The zero-order valence-corrected chi connectivity index (χ0v) is 16.4. The molecule has 0 aliphatic carbocycles. The second-order valence-electron chi connectivity index (χ2n) is 6.63. The minimum atomic E-state index is -1.16. The van der Waals surface area contributed by atoms with Crippen molar-refractivity contribution < 1.29 is 24.3 Å². The number of nitrogens with zero attached hydrogens (tertiary/aromatic N) is 1. The van der Waals surface area contributed by atoms with Gasteiger partial charge in [0.25, 0.3) is 0 Å². The number of aliphatic carboxylic acids is 1. The largest absolute Gasteiger partial charge is 0.480 e. The monoisotopic (exact) mass is 401 g/mol. The lowest BCUT2D eigenvalue weighted by Gasteiger charge is -2.19. The highest BCUT2D eigenvalue weighted by atomic mass is 16.4. The number of carboxylic acids is 1. The van der Waals surface area contributed by atoms with Crippen molar-refractivity contribution in [3.05, 3.63) is 0 Å². The van der Waals surface area contributed by atoms with Gasteiger partial charge in [-0.05, 0) is 25.7 Å². The number of carbonyl (C=O) groups excluding carboxylic acids is 3. The Hall–Kier alpha value is -2.89. The maximum atomic E-state index is 12.0. The summed E-state index contributed by atoms with van der Waals surface area (Å²) < 4.78 is 0. The molecule has 0 bridgehead atoms. The van der Waals surface area contributed by atoms with Gasteiger partial charge in [0.05, 0.1) is 12.6 Å². The maximum Gasteiger partial charge on any atom is 0.326 e. The van der Waals surface area contributed by atoms with Gasteiger partial charge in [-0.2, -0.15) is 0 Å². The van der Waals surface area contributed by atoms with E-state index in [1.807, 2.05) is 0 Å². The van der Waals surface area contributed by atoms with Gasteiger partial charge in [0.2, 0.25) is 17.7 Å². The number of hydrogen-bond donors (Lipinski definition) is 7. The Labute approximate surface area is 163 Å². The Kier molecular flexibility index (Phi) is 11.2. The molecule has 3 amide bonds. The summed E-state index contributed by atoms with van der Waals surface area (Å²) in [5.74, 6) is -3.30. The molecule has 0 saturated carbocycles. The van der Waals surface area contributed by atoms with Gasteiger partial charge in [-0.1, -0.05) is 13.8 Å². The van der Waals surface area contributed by atoms with Crippen molar-refractivity contribution in [1.29, 1.82) is 0 Å². The summed E-state index contributed by atoms with van der Waals surface area (Å²) >= 11 is 0. The molecule has 0 aromatic carbocycles. The first-order chi connectivity index (χ1) is 13.0. The molecule has 0 saturated heterocycles. The van der Waals surface area contributed by atoms with E-state index in [9.17, 15) is 19.2 Å². The van der Waals surface area contributed by atoms with Gasteiger partial charge in [-0.3, -0.25) is 19.4 Å². The number of hydrogen-bond acceptors (Lipinski definition) is 6. The smallest absolute Gasteiger partial charge is 0.326 e. The lowest BCUT2D eigenvalue weighted by atomic mass is 10.1. The second-order valence-corrected chi connectivity index (χ2v) is 6.63. The molecule has 3 unspecified atom stereocenters. The molecule has 0 aromatic heterocycles. The van der Waals surface area contributed by atoms with Gasteiger partial charge in [0.1, 0.15) is 12.1 Å². The summed E-state index contributed by atoms with van der Waals surface area (Å²) in [5, 5.41) is 16.1. The third-order valence-corrected chi connectivity index (χ3v) is 3.73. The molecule has 0 aromatic rings. The Balaban J connectivity index is 4.33. The maximum absolute atomic E-state index is 12.0. The lowest BCUT2D eigenvalue weighted by molar-refractivity contribution is -0.143. The van der Waals surface area contributed by atoms with Gasteiger partial charge < -0.3 is 38.3 Å². The Bertz CT molecular complexity index is 590. The molecule has 0 heterocycles. The van der Waals surface area contributed by atoms with Crippen LogP contribution in [0.4, 0.5) is 0 Å². The first kappa shape index (κ1) is 25.1. The van der Waals surface area contributed by atoms with E-state index >= 15 is 0 Å². The van der Waals surface area contributed by atoms with E-state index in [-0.39, 0.29) is 11.9 Å². The zero-order chi connectivity index (χ0) is 21.9. The van der Waals surface area contributed by atoms with Crippen LogP contribution in [0, 0.1) is 5.92 Å². The predicted molar refractivity (Wildman–Crippen MR) is 103 cm³/mol. The summed E-state index contributed by atoms with van der Waals surface area (Å²) in [7, 11) is 0. The summed E-state index contributed by atoms with van der Waals surface area (Å²) in [5.41, 5.74) is 16.1. The molecule has 0 rings (SSSR count). The van der Waals surface area contributed by atoms with Gasteiger partial charge in [0, 0.05) is 6.54 Å². The quantitative estimate of drug-likeness (QED) is 0.103. The van der Waals surface area contributed by atoms with Gasteiger partial charge in [0.15, 0.2) is 5.96 Å². The average molecular weight is 401 g/mol. The first-order valence-electron chi connectivity index (χ1n) is 8.86. The normalized spacial score (nSPS) is 13.8. The standard InChI is InChI=1S/C16H31N7O5/c1-8(2)12(15(27)28)23-11(24)7-21-13(25)9(3)22-14(26)10(17)5-4-6-20-16(18)19/h8-10,12H,4-7,17H2,1-3H3,(H,21,25)(H,22,26)(H,23,24)(H,27,28)(H4,18,19,20). The van der Waals surface area contributed by atoms with Crippen LogP contribution in [0.3, 0.4) is 0 Å². The van der Waals surface area contributed by atoms with Crippen LogP contribution in [0.15, 0.2) is 4.99 Å². The fourth-order valence-corrected chi connectivity index (χ4v) is 2.09. The van der Waals surface area contributed by atoms with E-state index < -0.39 is 48.4 Å². The average Bonchev–Trinajstić information content (AvgIpc) is 2.59. The molecule has 12 nitrogen and oxygen atoms in total. The van der Waals surface area contributed by atoms with E-state index in [4.69, 9.17) is 22.3 Å². The van der Waals surface area contributed by atoms with E-state index in [1.165, 1.54) is 6.92 Å². The Morgan fingerprint density at radius 3 is 2.14 bits per heavy atom. The minimum absolute atomic E-state index is 0.0459. The van der Waals surface area contributed by atoms with Gasteiger partial charge in [-0.25, -0.2) is 4.79 Å². The fourth-order valence-electron chi connectivity index (χ4n) is 2.09. The molecule has 12 heteroatoms. The highest BCUT2D eigenvalue weighted by molar-refractivity contribution is 5.92. The molecular weight excluding hydrogens is 370 g/mol. The fraction of sp³-hybridized carbons (Fsp3) is 0.688. The van der Waals surface area contributed by atoms with Crippen molar-refractivity contribution in [2.75, 3.05) is 13.1 Å². The van der Waals surface area contributed by atoms with Crippen LogP contribution in [0.5, 0.6) is 0 Å². The molecular formula is C16H31N7O5. The summed E-state index contributed by atoms with van der Waals surface area (Å²) in [6.07, 6.45) is 0.818. The van der Waals surface area contributed by atoms with Crippen LogP contribution in [0.25, 0.3) is 0 Å². The van der Waals surface area contributed by atoms with Crippen molar-refractivity contribution in [2.24, 2.45) is 28.1 Å². The van der Waals surface area contributed by atoms with Crippen molar-refractivity contribution in [3.8, 4) is 0 Å². The van der Waals surface area contributed by atoms with E-state index in [2.05, 4.69) is 20.9 Å². The van der Waals surface area contributed by atoms with Crippen LogP contribution in [0.1, 0.15) is 33.6 Å². The molecule has 160 valence electrons. The summed E-state index contributed by atoms with van der Waals surface area (Å²) in [4.78, 5) is 50.6. The third kappa shape index (κ3) is 10.3. The van der Waals surface area contributed by atoms with Crippen LogP contribution in [-0.4, -0.2) is 66.0 Å². The Morgan fingerprint density at radius 2 is 1.64 bits per heavy atom.